The smallest absolute Gasteiger partial charge is 0.147 e. The van der Waals surface area contributed by atoms with Gasteiger partial charge in [-0.15, -0.1) is 0 Å². The van der Waals surface area contributed by atoms with Crippen LogP contribution in [0.1, 0.15) is 18.4 Å². The van der Waals surface area contributed by atoms with Gasteiger partial charge in [0.15, 0.2) is 0 Å². The molecule has 1 saturated heterocycles. The third-order valence-corrected chi connectivity index (χ3v) is 4.76. The highest BCUT2D eigenvalue weighted by molar-refractivity contribution is 7.90. The molecule has 0 aromatic heterocycles. The standard InChI is InChI=1S/C16H22FNO2S/c1-21(19,20)13-15-5-3-11-18(12-15)10-2-4-14-6-8-16(17)9-7-14/h2,4,6-9,15H,3,5,10-13H2,1H3. The highest BCUT2D eigenvalue weighted by atomic mass is 32.2. The van der Waals surface area contributed by atoms with Crippen molar-refractivity contribution in [1.82, 2.24) is 4.90 Å². The highest BCUT2D eigenvalue weighted by Gasteiger charge is 2.22. The minimum atomic E-state index is -2.89. The molecule has 0 saturated carbocycles. The maximum Gasteiger partial charge on any atom is 0.147 e. The lowest BCUT2D eigenvalue weighted by Crippen LogP contribution is -2.38. The van der Waals surface area contributed by atoms with Crippen LogP contribution in [0.5, 0.6) is 0 Å². The molecular weight excluding hydrogens is 289 g/mol. The van der Waals surface area contributed by atoms with E-state index in [1.54, 1.807) is 12.1 Å². The average molecular weight is 311 g/mol. The molecule has 1 fully saturated rings. The van der Waals surface area contributed by atoms with Crippen molar-refractivity contribution in [2.24, 2.45) is 5.92 Å². The van der Waals surface area contributed by atoms with Crippen LogP contribution in [0.15, 0.2) is 30.3 Å². The van der Waals surface area contributed by atoms with Gasteiger partial charge in [-0.3, -0.25) is 4.90 Å². The zero-order chi connectivity index (χ0) is 15.3. The lowest BCUT2D eigenvalue weighted by Gasteiger charge is -2.31. The monoisotopic (exact) mass is 311 g/mol. The van der Waals surface area contributed by atoms with E-state index < -0.39 is 9.84 Å². The van der Waals surface area contributed by atoms with Gasteiger partial charge in [-0.05, 0) is 43.0 Å². The van der Waals surface area contributed by atoms with Crippen LogP contribution in [0.4, 0.5) is 4.39 Å². The fourth-order valence-electron chi connectivity index (χ4n) is 2.79. The molecule has 1 aliphatic heterocycles. The van der Waals surface area contributed by atoms with Crippen LogP contribution in [-0.4, -0.2) is 45.0 Å². The van der Waals surface area contributed by atoms with Gasteiger partial charge in [0.25, 0.3) is 0 Å². The number of nitrogens with zero attached hydrogens (tertiary/aromatic N) is 1. The van der Waals surface area contributed by atoms with Crippen molar-refractivity contribution < 1.29 is 12.8 Å². The van der Waals surface area contributed by atoms with Crippen LogP contribution >= 0.6 is 0 Å². The Hall–Kier alpha value is -1.20. The van der Waals surface area contributed by atoms with Gasteiger partial charge >= 0.3 is 0 Å². The summed E-state index contributed by atoms with van der Waals surface area (Å²) < 4.78 is 35.5. The fourth-order valence-corrected chi connectivity index (χ4v) is 3.92. The maximum absolute atomic E-state index is 12.8. The van der Waals surface area contributed by atoms with E-state index in [9.17, 15) is 12.8 Å². The van der Waals surface area contributed by atoms with Crippen molar-refractivity contribution in [3.8, 4) is 0 Å². The SMILES string of the molecule is CS(=O)(=O)CC1CCCN(CC=Cc2ccc(F)cc2)C1. The number of hydrogen-bond donors (Lipinski definition) is 0. The van der Waals surface area contributed by atoms with Gasteiger partial charge < -0.3 is 0 Å². The first-order valence-corrected chi connectivity index (χ1v) is 9.30. The molecule has 0 bridgehead atoms. The molecule has 0 radical (unpaired) electrons. The molecule has 1 aliphatic rings. The Morgan fingerprint density at radius 1 is 1.33 bits per heavy atom. The minimum absolute atomic E-state index is 0.230. The van der Waals surface area contributed by atoms with Gasteiger partial charge in [-0.1, -0.05) is 24.3 Å². The van der Waals surface area contributed by atoms with E-state index >= 15 is 0 Å². The van der Waals surface area contributed by atoms with Gasteiger partial charge in [0.2, 0.25) is 0 Å². The van der Waals surface area contributed by atoms with Crippen LogP contribution < -0.4 is 0 Å². The van der Waals surface area contributed by atoms with Crippen molar-refractivity contribution in [1.29, 1.82) is 0 Å². The van der Waals surface area contributed by atoms with E-state index in [1.165, 1.54) is 18.4 Å². The number of hydrogen-bond acceptors (Lipinski definition) is 3. The topological polar surface area (TPSA) is 37.4 Å². The molecule has 1 aromatic rings. The molecule has 5 heteroatoms. The molecule has 21 heavy (non-hydrogen) atoms. The van der Waals surface area contributed by atoms with Crippen LogP contribution in [0.25, 0.3) is 6.08 Å². The first kappa shape index (κ1) is 16.2. The number of sulfone groups is 1. The molecule has 116 valence electrons. The Bertz CT molecular complexity index is 581. The molecule has 1 heterocycles. The van der Waals surface area contributed by atoms with Crippen molar-refractivity contribution in [2.45, 2.75) is 12.8 Å². The van der Waals surface area contributed by atoms with Crippen LogP contribution in [-0.2, 0) is 9.84 Å². The van der Waals surface area contributed by atoms with Crippen molar-refractivity contribution in [2.75, 3.05) is 31.6 Å². The molecule has 2 rings (SSSR count). The molecular formula is C16H22FNO2S. The van der Waals surface area contributed by atoms with Gasteiger partial charge in [0.1, 0.15) is 15.7 Å². The van der Waals surface area contributed by atoms with Crippen LogP contribution in [0, 0.1) is 11.7 Å². The molecule has 0 aliphatic carbocycles. The summed E-state index contributed by atoms with van der Waals surface area (Å²) in [5, 5.41) is 0. The second-order valence-corrected chi connectivity index (χ2v) is 8.00. The van der Waals surface area contributed by atoms with Gasteiger partial charge in [0.05, 0.1) is 5.75 Å². The van der Waals surface area contributed by atoms with E-state index in [-0.39, 0.29) is 17.5 Å². The molecule has 0 amide bonds. The Labute approximate surface area is 126 Å². The fraction of sp³-hybridized carbons (Fsp3) is 0.500. The second-order valence-electron chi connectivity index (χ2n) is 5.81. The largest absolute Gasteiger partial charge is 0.299 e. The Balaban J connectivity index is 1.84. The normalized spacial score (nSPS) is 21.0. The predicted molar refractivity (Wildman–Crippen MR) is 84.3 cm³/mol. The molecule has 1 atom stereocenters. The van der Waals surface area contributed by atoms with E-state index in [2.05, 4.69) is 11.0 Å². The summed E-state index contributed by atoms with van der Waals surface area (Å²) in [6, 6.07) is 6.38. The number of rotatable bonds is 5. The molecule has 0 N–H and O–H groups in total. The van der Waals surface area contributed by atoms with Crippen LogP contribution in [0.2, 0.25) is 0 Å². The third kappa shape index (κ3) is 5.98. The maximum atomic E-state index is 12.8. The van der Waals surface area contributed by atoms with E-state index in [1.807, 2.05) is 6.08 Å². The first-order chi connectivity index (χ1) is 9.92. The quantitative estimate of drug-likeness (QED) is 0.839. The number of halogens is 1. The summed E-state index contributed by atoms with van der Waals surface area (Å²) in [7, 11) is -2.89. The Morgan fingerprint density at radius 2 is 2.05 bits per heavy atom. The molecule has 0 spiro atoms. The summed E-state index contributed by atoms with van der Waals surface area (Å²) in [6.07, 6.45) is 7.37. The molecule has 3 nitrogen and oxygen atoms in total. The van der Waals surface area contributed by atoms with Gasteiger partial charge in [-0.25, -0.2) is 12.8 Å². The Morgan fingerprint density at radius 3 is 2.71 bits per heavy atom. The first-order valence-electron chi connectivity index (χ1n) is 7.24. The van der Waals surface area contributed by atoms with Crippen molar-refractivity contribution in [3.63, 3.8) is 0 Å². The average Bonchev–Trinajstić information content (AvgIpc) is 2.39. The van der Waals surface area contributed by atoms with Crippen molar-refractivity contribution >= 4 is 15.9 Å². The summed E-state index contributed by atoms with van der Waals surface area (Å²) in [5.74, 6) is 0.297. The summed E-state index contributed by atoms with van der Waals surface area (Å²) >= 11 is 0. The summed E-state index contributed by atoms with van der Waals surface area (Å²) in [4.78, 5) is 2.28. The van der Waals surface area contributed by atoms with Crippen molar-refractivity contribution in [3.05, 3.63) is 41.7 Å². The highest BCUT2D eigenvalue weighted by Crippen LogP contribution is 2.18. The summed E-state index contributed by atoms with van der Waals surface area (Å²) in [5.41, 5.74) is 0.973. The molecule has 1 unspecified atom stereocenters. The predicted octanol–water partition coefficient (Wildman–Crippen LogP) is 2.60. The van der Waals surface area contributed by atoms with Crippen LogP contribution in [0.3, 0.4) is 0 Å². The van der Waals surface area contributed by atoms with E-state index in [4.69, 9.17) is 0 Å². The lowest BCUT2D eigenvalue weighted by atomic mass is 10.00. The van der Waals surface area contributed by atoms with Gasteiger partial charge in [0, 0.05) is 19.3 Å². The number of benzene rings is 1. The zero-order valence-electron chi connectivity index (χ0n) is 12.3. The van der Waals surface area contributed by atoms with E-state index in [0.29, 0.717) is 0 Å². The minimum Gasteiger partial charge on any atom is -0.299 e. The zero-order valence-corrected chi connectivity index (χ0v) is 13.2. The Kier molecular flexibility index (Phi) is 5.53. The summed E-state index contributed by atoms with van der Waals surface area (Å²) in [6.45, 7) is 2.65. The van der Waals surface area contributed by atoms with Gasteiger partial charge in [-0.2, -0.15) is 0 Å². The lowest BCUT2D eigenvalue weighted by molar-refractivity contribution is 0.203. The second kappa shape index (κ2) is 7.18. The third-order valence-electron chi connectivity index (χ3n) is 3.69. The van der Waals surface area contributed by atoms with E-state index in [0.717, 1.165) is 38.0 Å². The molecule has 1 aromatic carbocycles. The number of likely N-dealkylation sites (tertiary alicyclic amines) is 1. The number of piperidine rings is 1.